The minimum Gasteiger partial charge on any atom is -0.393 e. The van der Waals surface area contributed by atoms with Crippen molar-refractivity contribution in [1.29, 1.82) is 0 Å². The summed E-state index contributed by atoms with van der Waals surface area (Å²) in [5.41, 5.74) is 0. The second-order valence-corrected chi connectivity index (χ2v) is 6.11. The van der Waals surface area contributed by atoms with Crippen molar-refractivity contribution in [3.63, 3.8) is 0 Å². The molecule has 21 heavy (non-hydrogen) atoms. The molecule has 2 heteroatoms. The van der Waals surface area contributed by atoms with E-state index < -0.39 is 0 Å². The van der Waals surface area contributed by atoms with Crippen LogP contribution in [0, 0.1) is 0 Å². The minimum absolute atomic E-state index is 0.126. The summed E-state index contributed by atoms with van der Waals surface area (Å²) < 4.78 is 5.04. The number of aliphatic hydroxyl groups excluding tert-OH is 1. The van der Waals surface area contributed by atoms with E-state index in [-0.39, 0.29) is 6.10 Å². The summed E-state index contributed by atoms with van der Waals surface area (Å²) in [6, 6.07) is 0. The lowest BCUT2D eigenvalue weighted by molar-refractivity contribution is 0.163. The first-order chi connectivity index (χ1) is 10.3. The minimum atomic E-state index is -0.126. The van der Waals surface area contributed by atoms with Crippen LogP contribution in [-0.4, -0.2) is 24.9 Å². The highest BCUT2D eigenvalue weighted by atomic mass is 16.5. The third-order valence-electron chi connectivity index (χ3n) is 3.93. The molecule has 0 aromatic rings. The lowest BCUT2D eigenvalue weighted by Crippen LogP contribution is -2.04. The van der Waals surface area contributed by atoms with E-state index in [4.69, 9.17) is 4.74 Å². The number of hydrogen-bond donors (Lipinski definition) is 1. The van der Waals surface area contributed by atoms with Gasteiger partial charge in [0.25, 0.3) is 0 Å². The number of unbranched alkanes of at least 4 members (excludes halogenated alkanes) is 9. The summed E-state index contributed by atoms with van der Waals surface area (Å²) in [4.78, 5) is 0. The van der Waals surface area contributed by atoms with Gasteiger partial charge in [-0.2, -0.15) is 0 Å². The SMILES string of the molecule is CCCCCCC(O)C/C=C\CCCCCCCCOC. The van der Waals surface area contributed by atoms with Crippen LogP contribution in [0.3, 0.4) is 0 Å². The van der Waals surface area contributed by atoms with Gasteiger partial charge in [-0.1, -0.05) is 70.4 Å². The van der Waals surface area contributed by atoms with Gasteiger partial charge in [0.05, 0.1) is 6.10 Å². The van der Waals surface area contributed by atoms with Crippen LogP contribution in [0.2, 0.25) is 0 Å². The predicted molar refractivity (Wildman–Crippen MR) is 92.7 cm³/mol. The Balaban J connectivity index is 3.20. The Labute approximate surface area is 133 Å². The van der Waals surface area contributed by atoms with Crippen LogP contribution < -0.4 is 0 Å². The first-order valence-electron chi connectivity index (χ1n) is 9.13. The molecule has 0 aliphatic heterocycles. The highest BCUT2D eigenvalue weighted by Gasteiger charge is 2.00. The number of aliphatic hydroxyl groups is 1. The van der Waals surface area contributed by atoms with E-state index in [0.29, 0.717) is 0 Å². The van der Waals surface area contributed by atoms with Crippen LogP contribution in [0.25, 0.3) is 0 Å². The van der Waals surface area contributed by atoms with Gasteiger partial charge in [-0.25, -0.2) is 0 Å². The van der Waals surface area contributed by atoms with Crippen molar-refractivity contribution in [2.24, 2.45) is 0 Å². The van der Waals surface area contributed by atoms with Crippen LogP contribution in [0.4, 0.5) is 0 Å². The summed E-state index contributed by atoms with van der Waals surface area (Å²) in [6.45, 7) is 3.13. The molecule has 0 heterocycles. The maximum Gasteiger partial charge on any atom is 0.0574 e. The summed E-state index contributed by atoms with van der Waals surface area (Å²) in [5.74, 6) is 0. The maximum absolute atomic E-state index is 9.83. The zero-order valence-electron chi connectivity index (χ0n) is 14.5. The average Bonchev–Trinajstić information content (AvgIpc) is 2.49. The Morgan fingerprint density at radius 3 is 2.24 bits per heavy atom. The molecule has 0 aromatic heterocycles. The lowest BCUT2D eigenvalue weighted by Gasteiger charge is -2.07. The molecular formula is C19H38O2. The first-order valence-corrected chi connectivity index (χ1v) is 9.13. The van der Waals surface area contributed by atoms with Crippen LogP contribution in [0.1, 0.15) is 90.4 Å². The molecule has 0 rings (SSSR count). The lowest BCUT2D eigenvalue weighted by atomic mass is 10.1. The van der Waals surface area contributed by atoms with Gasteiger partial charge >= 0.3 is 0 Å². The Hall–Kier alpha value is -0.340. The molecule has 1 atom stereocenters. The molecule has 0 fully saturated rings. The topological polar surface area (TPSA) is 29.5 Å². The van der Waals surface area contributed by atoms with Gasteiger partial charge in [-0.3, -0.25) is 0 Å². The molecule has 0 aliphatic carbocycles. The van der Waals surface area contributed by atoms with Crippen LogP contribution in [-0.2, 0) is 4.74 Å². The van der Waals surface area contributed by atoms with Crippen molar-refractivity contribution in [2.75, 3.05) is 13.7 Å². The second-order valence-electron chi connectivity index (χ2n) is 6.11. The molecule has 0 aliphatic rings. The molecule has 2 nitrogen and oxygen atoms in total. The van der Waals surface area contributed by atoms with Gasteiger partial charge in [0.2, 0.25) is 0 Å². The van der Waals surface area contributed by atoms with Crippen molar-refractivity contribution in [1.82, 2.24) is 0 Å². The Bertz CT molecular complexity index is 214. The van der Waals surface area contributed by atoms with Crippen molar-refractivity contribution < 1.29 is 9.84 Å². The molecular weight excluding hydrogens is 260 g/mol. The van der Waals surface area contributed by atoms with E-state index in [0.717, 1.165) is 19.4 Å². The van der Waals surface area contributed by atoms with Crippen LogP contribution in [0.5, 0.6) is 0 Å². The fraction of sp³-hybridized carbons (Fsp3) is 0.895. The molecule has 0 saturated heterocycles. The Kier molecular flexibility index (Phi) is 17.4. The zero-order valence-corrected chi connectivity index (χ0v) is 14.5. The normalized spacial score (nSPS) is 13.1. The molecule has 0 bridgehead atoms. The standard InChI is InChI=1S/C19H38O2/c1-3-4-5-13-16-19(20)17-14-11-9-7-6-8-10-12-15-18-21-2/h11,14,19-20H,3-10,12-13,15-18H2,1-2H3/b14-11-. The maximum atomic E-state index is 9.83. The van der Waals surface area contributed by atoms with Crippen LogP contribution >= 0.6 is 0 Å². The largest absolute Gasteiger partial charge is 0.393 e. The molecule has 0 aromatic carbocycles. The highest BCUT2D eigenvalue weighted by molar-refractivity contribution is 4.83. The number of hydrogen-bond acceptors (Lipinski definition) is 2. The van der Waals surface area contributed by atoms with Crippen molar-refractivity contribution in [3.05, 3.63) is 12.2 Å². The zero-order chi connectivity index (χ0) is 15.6. The van der Waals surface area contributed by atoms with Gasteiger partial charge in [-0.05, 0) is 32.1 Å². The second kappa shape index (κ2) is 17.7. The van der Waals surface area contributed by atoms with E-state index in [2.05, 4.69) is 19.1 Å². The smallest absolute Gasteiger partial charge is 0.0574 e. The van der Waals surface area contributed by atoms with Gasteiger partial charge in [0, 0.05) is 13.7 Å². The first kappa shape index (κ1) is 20.7. The molecule has 126 valence electrons. The molecule has 0 saturated carbocycles. The van der Waals surface area contributed by atoms with Crippen LogP contribution in [0.15, 0.2) is 12.2 Å². The summed E-state index contributed by atoms with van der Waals surface area (Å²) in [5, 5.41) is 9.83. The molecule has 0 amide bonds. The third-order valence-corrected chi connectivity index (χ3v) is 3.93. The van der Waals surface area contributed by atoms with E-state index in [9.17, 15) is 5.11 Å². The quantitative estimate of drug-likeness (QED) is 0.295. The average molecular weight is 299 g/mol. The fourth-order valence-corrected chi connectivity index (χ4v) is 2.51. The summed E-state index contributed by atoms with van der Waals surface area (Å²) in [7, 11) is 1.77. The molecule has 0 spiro atoms. The highest BCUT2D eigenvalue weighted by Crippen LogP contribution is 2.10. The van der Waals surface area contributed by atoms with Crippen molar-refractivity contribution >= 4 is 0 Å². The number of methoxy groups -OCH3 is 1. The van der Waals surface area contributed by atoms with E-state index >= 15 is 0 Å². The molecule has 0 radical (unpaired) electrons. The fourth-order valence-electron chi connectivity index (χ4n) is 2.51. The predicted octanol–water partition coefficient (Wildman–Crippen LogP) is 5.64. The number of ether oxygens (including phenoxy) is 1. The summed E-state index contributed by atoms with van der Waals surface area (Å²) >= 11 is 0. The number of rotatable bonds is 16. The summed E-state index contributed by atoms with van der Waals surface area (Å²) in [6.07, 6.45) is 20.1. The third kappa shape index (κ3) is 17.6. The van der Waals surface area contributed by atoms with E-state index in [1.807, 2.05) is 0 Å². The van der Waals surface area contributed by atoms with Crippen molar-refractivity contribution in [2.45, 2.75) is 96.5 Å². The van der Waals surface area contributed by atoms with Gasteiger partial charge in [0.1, 0.15) is 0 Å². The monoisotopic (exact) mass is 298 g/mol. The Morgan fingerprint density at radius 1 is 0.857 bits per heavy atom. The van der Waals surface area contributed by atoms with Gasteiger partial charge < -0.3 is 9.84 Å². The molecule has 1 unspecified atom stereocenters. The van der Waals surface area contributed by atoms with Crippen molar-refractivity contribution in [3.8, 4) is 0 Å². The van der Waals surface area contributed by atoms with E-state index in [1.54, 1.807) is 7.11 Å². The van der Waals surface area contributed by atoms with Gasteiger partial charge in [-0.15, -0.1) is 0 Å². The Morgan fingerprint density at radius 2 is 1.52 bits per heavy atom. The number of allylic oxidation sites excluding steroid dienone is 1. The van der Waals surface area contributed by atoms with E-state index in [1.165, 1.54) is 70.6 Å². The van der Waals surface area contributed by atoms with Gasteiger partial charge in [0.15, 0.2) is 0 Å². The molecule has 1 N–H and O–H groups in total.